The summed E-state index contributed by atoms with van der Waals surface area (Å²) in [5, 5.41) is 7.08. The van der Waals surface area contributed by atoms with Crippen LogP contribution < -0.4 is 9.80 Å². The molecule has 0 fully saturated rings. The second kappa shape index (κ2) is 15.3. The Hall–Kier alpha value is -8.47. The smallest absolute Gasteiger partial charge is 0.160 e. The fraction of sp³-hybridized carbons (Fsp3) is 0.106. The van der Waals surface area contributed by atoms with Gasteiger partial charge in [-0.3, -0.25) is 4.99 Å². The molecule has 0 bridgehead atoms. The molecule has 4 nitrogen and oxygen atoms in total. The molecule has 14 rings (SSSR count). The first-order valence-corrected chi connectivity index (χ1v) is 24.6. The predicted molar refractivity (Wildman–Crippen MR) is 293 cm³/mol. The molecular formula is C66H49N3O. The van der Waals surface area contributed by atoms with E-state index in [1.807, 2.05) is 0 Å². The summed E-state index contributed by atoms with van der Waals surface area (Å²) in [4.78, 5) is 10.4. The van der Waals surface area contributed by atoms with Crippen LogP contribution in [0.25, 0.3) is 60.2 Å². The van der Waals surface area contributed by atoms with Crippen LogP contribution in [0.15, 0.2) is 209 Å². The van der Waals surface area contributed by atoms with E-state index in [-0.39, 0.29) is 0 Å². The summed E-state index contributed by atoms with van der Waals surface area (Å²) in [5.74, 6) is 0. The zero-order valence-electron chi connectivity index (χ0n) is 39.7. The molecule has 10 aromatic carbocycles. The van der Waals surface area contributed by atoms with Gasteiger partial charge < -0.3 is 14.2 Å². The maximum atomic E-state index is 7.48. The summed E-state index contributed by atoms with van der Waals surface area (Å²) in [7, 11) is 0. The van der Waals surface area contributed by atoms with Crippen LogP contribution in [-0.4, -0.2) is 6.21 Å². The minimum Gasteiger partial charge on any atom is -0.454 e. The Kier molecular flexibility index (Phi) is 8.85. The largest absolute Gasteiger partial charge is 0.454 e. The second-order valence-corrected chi connectivity index (χ2v) is 19.6. The van der Waals surface area contributed by atoms with Gasteiger partial charge in [0.2, 0.25) is 0 Å². The van der Waals surface area contributed by atoms with E-state index in [1.54, 1.807) is 0 Å². The first-order chi connectivity index (χ1) is 34.3. The van der Waals surface area contributed by atoms with Gasteiger partial charge in [0.05, 0.1) is 16.8 Å². The van der Waals surface area contributed by atoms with Crippen molar-refractivity contribution in [1.29, 1.82) is 0 Å². The van der Waals surface area contributed by atoms with E-state index >= 15 is 0 Å². The Morgan fingerprint density at radius 1 is 0.471 bits per heavy atom. The lowest BCUT2D eigenvalue weighted by molar-refractivity contribution is 0.668. The third-order valence-electron chi connectivity index (χ3n) is 15.4. The summed E-state index contributed by atoms with van der Waals surface area (Å²) < 4.78 is 7.48. The molecule has 1 unspecified atom stereocenters. The van der Waals surface area contributed by atoms with Gasteiger partial charge in [0, 0.05) is 45.4 Å². The van der Waals surface area contributed by atoms with E-state index in [0.717, 1.165) is 74.6 Å². The van der Waals surface area contributed by atoms with Crippen molar-refractivity contribution in [2.45, 2.75) is 46.0 Å². The molecule has 70 heavy (non-hydrogen) atoms. The lowest BCUT2D eigenvalue weighted by Crippen LogP contribution is -2.27. The summed E-state index contributed by atoms with van der Waals surface area (Å²) in [6.07, 6.45) is 4.01. The second-order valence-electron chi connectivity index (χ2n) is 19.6. The monoisotopic (exact) mass is 899 g/mol. The zero-order chi connectivity index (χ0) is 46.8. The molecule has 11 aromatic rings. The van der Waals surface area contributed by atoms with Crippen molar-refractivity contribution < 1.29 is 4.42 Å². The summed E-state index contributed by atoms with van der Waals surface area (Å²) in [5.41, 5.74) is 22.3. The highest BCUT2D eigenvalue weighted by Crippen LogP contribution is 2.67. The molecule has 4 heteroatoms. The molecule has 2 aliphatic carbocycles. The number of hydrogen-bond donors (Lipinski definition) is 0. The van der Waals surface area contributed by atoms with Crippen LogP contribution >= 0.6 is 0 Å². The van der Waals surface area contributed by atoms with Gasteiger partial charge in [-0.1, -0.05) is 109 Å². The van der Waals surface area contributed by atoms with Crippen molar-refractivity contribution >= 4 is 89.4 Å². The molecule has 0 amide bonds. The molecule has 0 saturated heterocycles. The highest BCUT2D eigenvalue weighted by Gasteiger charge is 2.55. The Balaban J connectivity index is 1.18. The summed E-state index contributed by atoms with van der Waals surface area (Å²) >= 11 is 0. The molecule has 334 valence electrons. The number of para-hydroxylation sites is 2. The van der Waals surface area contributed by atoms with Crippen LogP contribution in [0.3, 0.4) is 0 Å². The van der Waals surface area contributed by atoms with E-state index in [9.17, 15) is 0 Å². The highest BCUT2D eigenvalue weighted by atomic mass is 16.3. The maximum Gasteiger partial charge on any atom is 0.160 e. The number of aryl methyl sites for hydroxylation is 4. The average molecular weight is 900 g/mol. The number of benzene rings is 10. The van der Waals surface area contributed by atoms with Crippen LogP contribution in [0, 0.1) is 27.7 Å². The van der Waals surface area contributed by atoms with Gasteiger partial charge in [-0.25, -0.2) is 0 Å². The van der Waals surface area contributed by atoms with E-state index < -0.39 is 5.41 Å². The number of furan rings is 1. The van der Waals surface area contributed by atoms with E-state index in [0.29, 0.717) is 0 Å². The Labute approximate surface area is 408 Å². The van der Waals surface area contributed by atoms with Crippen molar-refractivity contribution in [3.63, 3.8) is 0 Å². The van der Waals surface area contributed by atoms with Crippen molar-refractivity contribution in [3.8, 4) is 11.1 Å². The number of nitrogens with zero attached hydrogens (tertiary/aromatic N) is 3. The first-order valence-electron chi connectivity index (χ1n) is 24.6. The lowest BCUT2D eigenvalue weighted by Gasteiger charge is -2.33. The number of anilines is 6. The fourth-order valence-electron chi connectivity index (χ4n) is 12.2. The summed E-state index contributed by atoms with van der Waals surface area (Å²) in [6, 6.07) is 72.0. The Morgan fingerprint density at radius 3 is 1.67 bits per heavy atom. The molecule has 0 N–H and O–H groups in total. The lowest BCUT2D eigenvalue weighted by atomic mass is 9.71. The van der Waals surface area contributed by atoms with Crippen molar-refractivity contribution in [2.75, 3.05) is 9.80 Å². The number of aliphatic imine (C=N–C) groups is 1. The van der Waals surface area contributed by atoms with Gasteiger partial charge in [-0.15, -0.1) is 0 Å². The molecule has 1 aromatic heterocycles. The van der Waals surface area contributed by atoms with Gasteiger partial charge in [-0.2, -0.15) is 0 Å². The third-order valence-corrected chi connectivity index (χ3v) is 15.4. The zero-order valence-corrected chi connectivity index (χ0v) is 39.7. The number of rotatable bonds is 6. The van der Waals surface area contributed by atoms with Crippen molar-refractivity contribution in [2.24, 2.45) is 4.99 Å². The van der Waals surface area contributed by atoms with Crippen LogP contribution in [-0.2, 0) is 5.41 Å². The van der Waals surface area contributed by atoms with E-state index in [4.69, 9.17) is 9.41 Å². The molecule has 1 spiro atoms. The SMILES string of the molecule is Cc1ccc(C)c(N(c2ccccc2)c2ccc3oc4c(N(c5ccccc5)c5cc(C)ccc5C)cc5c(c4c3c2)-c2cc3ccccc3cc2C52C3=C(CCC=N3)c3cc4ccccc4cc32)c1. The standard InChI is InChI=1S/C66H49N3O/c1-40-25-27-42(3)58(32-40)68(48-20-7-5-8-21-48)50-29-30-61-54(38-50)63-62-53-35-45-17-12-14-19-47(45)37-56(53)66(55-36-46-18-13-11-16-44(46)34-52(55)51-24-15-31-67-65(51)66)57(62)39-60(64(63)70-61)69(49-22-9-6-10-23-49)59-33-41(2)26-28-43(59)4/h5-14,16-23,25-39H,15,24H2,1-4H3. The van der Waals surface area contributed by atoms with Crippen LogP contribution in [0.4, 0.5) is 34.1 Å². The van der Waals surface area contributed by atoms with Crippen molar-refractivity contribution in [3.05, 3.63) is 244 Å². The normalized spacial score (nSPS) is 15.5. The molecule has 3 aliphatic rings. The fourth-order valence-corrected chi connectivity index (χ4v) is 12.2. The molecule has 2 heterocycles. The van der Waals surface area contributed by atoms with E-state index in [2.05, 4.69) is 238 Å². The van der Waals surface area contributed by atoms with Gasteiger partial charge in [0.25, 0.3) is 0 Å². The van der Waals surface area contributed by atoms with Gasteiger partial charge in [-0.05, 0) is 208 Å². The number of fused-ring (bicyclic) bond motifs is 15. The molecule has 0 radical (unpaired) electrons. The number of allylic oxidation sites excluding steroid dienone is 2. The van der Waals surface area contributed by atoms with Gasteiger partial charge in [0.1, 0.15) is 5.58 Å². The first kappa shape index (κ1) is 40.6. The average Bonchev–Trinajstić information content (AvgIpc) is 4.01. The minimum absolute atomic E-state index is 0.719. The third kappa shape index (κ3) is 5.80. The van der Waals surface area contributed by atoms with Gasteiger partial charge >= 0.3 is 0 Å². The number of hydrogen-bond acceptors (Lipinski definition) is 4. The quantitative estimate of drug-likeness (QED) is 0.167. The molecule has 0 saturated carbocycles. The van der Waals surface area contributed by atoms with Gasteiger partial charge in [0.15, 0.2) is 5.58 Å². The minimum atomic E-state index is -0.719. The molecule has 1 atom stereocenters. The highest BCUT2D eigenvalue weighted by molar-refractivity contribution is 6.21. The Bertz CT molecular complexity index is 4070. The molecule has 1 aliphatic heterocycles. The van der Waals surface area contributed by atoms with Crippen LogP contribution in [0.5, 0.6) is 0 Å². The predicted octanol–water partition coefficient (Wildman–Crippen LogP) is 18.0. The van der Waals surface area contributed by atoms with E-state index in [1.165, 1.54) is 82.8 Å². The van der Waals surface area contributed by atoms with Crippen LogP contribution in [0.2, 0.25) is 0 Å². The molecular weight excluding hydrogens is 851 g/mol. The summed E-state index contributed by atoms with van der Waals surface area (Å²) in [6.45, 7) is 8.80. The topological polar surface area (TPSA) is 32.0 Å². The van der Waals surface area contributed by atoms with Crippen LogP contribution in [0.1, 0.15) is 57.3 Å². The Morgan fingerprint density at radius 2 is 1.03 bits per heavy atom. The maximum absolute atomic E-state index is 7.48. The van der Waals surface area contributed by atoms with Crippen molar-refractivity contribution in [1.82, 2.24) is 0 Å².